The van der Waals surface area contributed by atoms with Crippen LogP contribution in [0.1, 0.15) is 27.9 Å². The van der Waals surface area contributed by atoms with Gasteiger partial charge < -0.3 is 31.0 Å². The normalized spacial score (nSPS) is 11.2. The first-order chi connectivity index (χ1) is 20.9. The number of amides is 1. The van der Waals surface area contributed by atoms with Gasteiger partial charge in [-0.05, 0) is 66.1 Å². The number of nitrogens with two attached hydrogens (primary N) is 2. The molecule has 0 aliphatic heterocycles. The lowest BCUT2D eigenvalue weighted by Crippen LogP contribution is -2.25. The topological polar surface area (TPSA) is 162 Å². The second kappa shape index (κ2) is 13.5. The largest absolute Gasteiger partial charge is 0.471 e. The summed E-state index contributed by atoms with van der Waals surface area (Å²) in [4.78, 5) is 27.7. The third kappa shape index (κ3) is 7.49. The molecule has 0 bridgehead atoms. The highest BCUT2D eigenvalue weighted by Gasteiger charge is 2.14. The van der Waals surface area contributed by atoms with E-state index in [1.807, 2.05) is 72.1 Å². The van der Waals surface area contributed by atoms with Crippen molar-refractivity contribution in [2.75, 3.05) is 31.3 Å². The third-order valence-corrected chi connectivity index (χ3v) is 6.72. The molecule has 5 aromatic rings. The smallest absolute Gasteiger partial charge is 0.251 e. The molecule has 43 heavy (non-hydrogen) atoms. The summed E-state index contributed by atoms with van der Waals surface area (Å²) in [5.74, 6) is 0.254. The van der Waals surface area contributed by atoms with Gasteiger partial charge in [-0.2, -0.15) is 20.2 Å². The molecule has 1 amide bonds. The van der Waals surface area contributed by atoms with Gasteiger partial charge in [0, 0.05) is 45.0 Å². The maximum atomic E-state index is 12.7. The first-order valence-electron chi connectivity index (χ1n) is 13.9. The van der Waals surface area contributed by atoms with Crippen LogP contribution >= 0.6 is 0 Å². The Hall–Kier alpha value is -5.36. The molecule has 0 spiro atoms. The minimum Gasteiger partial charge on any atom is -0.471 e. The molecule has 0 saturated carbocycles. The molecule has 2 heterocycles. The highest BCUT2D eigenvalue weighted by atomic mass is 16.5. The highest BCUT2D eigenvalue weighted by Crippen LogP contribution is 2.24. The van der Waals surface area contributed by atoms with Gasteiger partial charge in [-0.3, -0.25) is 4.79 Å². The fourth-order valence-corrected chi connectivity index (χ4v) is 4.29. The predicted molar refractivity (Wildman–Crippen MR) is 167 cm³/mol. The zero-order chi connectivity index (χ0) is 30.2. The van der Waals surface area contributed by atoms with Crippen molar-refractivity contribution >= 4 is 40.1 Å². The molecule has 12 heteroatoms. The fourth-order valence-electron chi connectivity index (χ4n) is 4.29. The Morgan fingerprint density at radius 3 is 2.23 bits per heavy atom. The van der Waals surface area contributed by atoms with Crippen LogP contribution in [0.3, 0.4) is 0 Å². The van der Waals surface area contributed by atoms with Gasteiger partial charge in [0.2, 0.25) is 11.8 Å². The van der Waals surface area contributed by atoms with E-state index in [0.717, 1.165) is 22.5 Å². The Balaban J connectivity index is 1.12. The van der Waals surface area contributed by atoms with Gasteiger partial charge in [0.05, 0.1) is 17.7 Å². The zero-order valence-corrected chi connectivity index (χ0v) is 24.1. The highest BCUT2D eigenvalue weighted by molar-refractivity contribution is 5.94. The average molecular weight is 579 g/mol. The van der Waals surface area contributed by atoms with Gasteiger partial charge in [-0.15, -0.1) is 0 Å². The van der Waals surface area contributed by atoms with Crippen LogP contribution in [0.2, 0.25) is 0 Å². The first-order valence-corrected chi connectivity index (χ1v) is 13.9. The number of aryl methyl sites for hydroxylation is 1. The molecule has 12 nitrogen and oxygen atoms in total. The van der Waals surface area contributed by atoms with Crippen molar-refractivity contribution in [1.82, 2.24) is 24.8 Å². The SMILES string of the molecule is CN(C)c1ccc(N=Nc2ccc(C(=O)NCCCn3cnc4c(OCc5ccc(CN)cc5)nc(N)nc43)cc2)cc1. The Bertz CT molecular complexity index is 1700. The molecule has 5 rings (SSSR count). The van der Waals surface area contributed by atoms with Gasteiger partial charge in [0.25, 0.3) is 5.91 Å². The van der Waals surface area contributed by atoms with Gasteiger partial charge in [0.15, 0.2) is 11.2 Å². The third-order valence-electron chi connectivity index (χ3n) is 6.72. The fraction of sp³-hybridized carbons (Fsp3) is 0.226. The van der Waals surface area contributed by atoms with Crippen molar-refractivity contribution in [2.24, 2.45) is 16.0 Å². The quantitative estimate of drug-likeness (QED) is 0.141. The summed E-state index contributed by atoms with van der Waals surface area (Å²) in [6, 6.07) is 22.6. The van der Waals surface area contributed by atoms with Crippen LogP contribution in [0.5, 0.6) is 5.88 Å². The summed E-state index contributed by atoms with van der Waals surface area (Å²) in [5, 5.41) is 11.5. The molecule has 0 fully saturated rings. The van der Waals surface area contributed by atoms with Gasteiger partial charge in [-0.25, -0.2) is 4.98 Å². The van der Waals surface area contributed by atoms with Crippen LogP contribution in [0.25, 0.3) is 11.2 Å². The number of aromatic nitrogens is 4. The van der Waals surface area contributed by atoms with E-state index in [1.165, 1.54) is 0 Å². The zero-order valence-electron chi connectivity index (χ0n) is 24.1. The van der Waals surface area contributed by atoms with Crippen molar-refractivity contribution < 1.29 is 9.53 Å². The Labute approximate surface area is 249 Å². The standard InChI is InChI=1S/C31H34N10O2/c1-40(2)26-14-12-25(13-15-26)39-38-24-10-8-23(9-11-24)29(42)34-16-3-17-41-20-35-27-28(41)36-31(33)37-30(27)43-19-22-6-4-21(18-32)5-7-22/h4-15,20H,3,16-19,32H2,1-2H3,(H,34,42)(H2,33,36,37). The van der Waals surface area contributed by atoms with E-state index >= 15 is 0 Å². The number of azo groups is 1. The summed E-state index contributed by atoms with van der Waals surface area (Å²) in [5.41, 5.74) is 17.8. The number of fused-ring (bicyclic) bond motifs is 1. The summed E-state index contributed by atoms with van der Waals surface area (Å²) < 4.78 is 7.80. The Morgan fingerprint density at radius 2 is 1.58 bits per heavy atom. The number of benzene rings is 3. The van der Waals surface area contributed by atoms with Crippen molar-refractivity contribution in [2.45, 2.75) is 26.1 Å². The number of imidazole rings is 1. The molecule has 0 aliphatic carbocycles. The number of hydrogen-bond acceptors (Lipinski definition) is 10. The van der Waals surface area contributed by atoms with E-state index in [2.05, 4.69) is 30.5 Å². The minimum atomic E-state index is -0.167. The summed E-state index contributed by atoms with van der Waals surface area (Å²) in [6.07, 6.45) is 2.33. The molecule has 5 N–H and O–H groups in total. The van der Waals surface area contributed by atoms with Crippen molar-refractivity contribution in [3.8, 4) is 5.88 Å². The number of nitrogen functional groups attached to an aromatic ring is 1. The Morgan fingerprint density at radius 1 is 0.930 bits per heavy atom. The number of ether oxygens (including phenoxy) is 1. The number of anilines is 2. The molecule has 0 aliphatic rings. The van der Waals surface area contributed by atoms with Crippen LogP contribution in [-0.2, 0) is 19.7 Å². The summed E-state index contributed by atoms with van der Waals surface area (Å²) >= 11 is 0. The number of carbonyl (C=O) groups is 1. The molecular weight excluding hydrogens is 544 g/mol. The molecule has 0 unspecified atom stereocenters. The number of hydrogen-bond donors (Lipinski definition) is 3. The summed E-state index contributed by atoms with van der Waals surface area (Å²) in [7, 11) is 3.97. The predicted octanol–water partition coefficient (Wildman–Crippen LogP) is 4.75. The summed E-state index contributed by atoms with van der Waals surface area (Å²) in [6.45, 7) is 1.83. The molecular formula is C31H34N10O2. The van der Waals surface area contributed by atoms with E-state index in [-0.39, 0.29) is 11.9 Å². The van der Waals surface area contributed by atoms with Crippen molar-refractivity contribution in [3.05, 3.63) is 95.8 Å². The molecule has 0 radical (unpaired) electrons. The lowest BCUT2D eigenvalue weighted by atomic mass is 10.1. The number of nitrogens with one attached hydrogen (secondary N) is 1. The van der Waals surface area contributed by atoms with Gasteiger partial charge in [-0.1, -0.05) is 24.3 Å². The second-order valence-corrected chi connectivity index (χ2v) is 10.1. The molecule has 3 aromatic carbocycles. The van der Waals surface area contributed by atoms with Crippen LogP contribution < -0.4 is 26.4 Å². The van der Waals surface area contributed by atoms with Gasteiger partial charge >= 0.3 is 0 Å². The Kier molecular flexibility index (Phi) is 9.17. The first kappa shape index (κ1) is 29.1. The number of nitrogens with zero attached hydrogens (tertiary/aromatic N) is 7. The van der Waals surface area contributed by atoms with E-state index in [1.54, 1.807) is 30.6 Å². The molecule has 220 valence electrons. The lowest BCUT2D eigenvalue weighted by Gasteiger charge is -2.11. The van der Waals surface area contributed by atoms with Crippen molar-refractivity contribution in [1.29, 1.82) is 0 Å². The van der Waals surface area contributed by atoms with Crippen LogP contribution in [0.4, 0.5) is 23.0 Å². The maximum Gasteiger partial charge on any atom is 0.251 e. The number of carbonyl (C=O) groups excluding carboxylic acids is 1. The van der Waals surface area contributed by atoms with E-state index in [4.69, 9.17) is 16.2 Å². The van der Waals surface area contributed by atoms with E-state index in [9.17, 15) is 4.79 Å². The van der Waals surface area contributed by atoms with Crippen LogP contribution in [-0.4, -0.2) is 46.1 Å². The van der Waals surface area contributed by atoms with Crippen LogP contribution in [0, 0.1) is 0 Å². The molecule has 0 saturated heterocycles. The lowest BCUT2D eigenvalue weighted by molar-refractivity contribution is 0.0953. The van der Waals surface area contributed by atoms with E-state index in [0.29, 0.717) is 61.0 Å². The number of rotatable bonds is 12. The maximum absolute atomic E-state index is 12.7. The minimum absolute atomic E-state index is 0.0984. The molecule has 2 aromatic heterocycles. The second-order valence-electron chi connectivity index (χ2n) is 10.1. The van der Waals surface area contributed by atoms with E-state index < -0.39 is 0 Å². The monoisotopic (exact) mass is 578 g/mol. The van der Waals surface area contributed by atoms with Gasteiger partial charge in [0.1, 0.15) is 6.61 Å². The van der Waals surface area contributed by atoms with Crippen molar-refractivity contribution in [3.63, 3.8) is 0 Å². The van der Waals surface area contributed by atoms with Crippen LogP contribution in [0.15, 0.2) is 89.4 Å². The molecule has 0 atom stereocenters. The average Bonchev–Trinajstić information content (AvgIpc) is 3.44.